The number of nitrogens with zero attached hydrogens (tertiary/aromatic N) is 3. The van der Waals surface area contributed by atoms with Gasteiger partial charge in [-0.15, -0.1) is 0 Å². The van der Waals surface area contributed by atoms with Gasteiger partial charge in [0.25, 0.3) is 11.6 Å². The van der Waals surface area contributed by atoms with Crippen LogP contribution in [-0.2, 0) is 26.5 Å². The zero-order chi connectivity index (χ0) is 29.5. The van der Waals surface area contributed by atoms with Crippen LogP contribution in [0.25, 0.3) is 0 Å². The SMILES string of the molecule is C[C@@H]1[C@@H]([Si](C)(C)F)[C@H](CCO)O[C@@]12C(=O)N(Cc1ccc(N(C=O)c3ccccc3)cc1)c1ccc([N+](=O)[O-])cc12. The van der Waals surface area contributed by atoms with Crippen molar-refractivity contribution in [3.05, 3.63) is 94.0 Å². The highest BCUT2D eigenvalue weighted by Crippen LogP contribution is 2.60. The molecule has 9 nitrogen and oxygen atoms in total. The molecule has 2 amide bonds. The van der Waals surface area contributed by atoms with Gasteiger partial charge in [0.2, 0.25) is 14.8 Å². The molecule has 0 saturated carbocycles. The molecule has 1 N–H and O–H groups in total. The fourth-order valence-electron chi connectivity index (χ4n) is 6.51. The monoisotopic (exact) mass is 577 g/mol. The fraction of sp³-hybridized carbons (Fsp3) is 0.333. The highest BCUT2D eigenvalue weighted by molar-refractivity contribution is 6.72. The minimum absolute atomic E-state index is 0.139. The van der Waals surface area contributed by atoms with Gasteiger partial charge in [-0.2, -0.15) is 0 Å². The predicted molar refractivity (Wildman–Crippen MR) is 155 cm³/mol. The van der Waals surface area contributed by atoms with Crippen molar-refractivity contribution < 1.29 is 28.5 Å². The first-order valence-electron chi connectivity index (χ1n) is 13.5. The van der Waals surface area contributed by atoms with Crippen molar-refractivity contribution in [1.82, 2.24) is 0 Å². The summed E-state index contributed by atoms with van der Waals surface area (Å²) in [4.78, 5) is 40.4. The third-order valence-electron chi connectivity index (χ3n) is 8.26. The van der Waals surface area contributed by atoms with Crippen molar-refractivity contribution in [2.24, 2.45) is 5.92 Å². The summed E-state index contributed by atoms with van der Waals surface area (Å²) < 4.78 is 22.1. The lowest BCUT2D eigenvalue weighted by Gasteiger charge is -2.31. The Morgan fingerprint density at radius 1 is 1.12 bits per heavy atom. The van der Waals surface area contributed by atoms with Crippen LogP contribution in [-0.4, -0.2) is 43.5 Å². The summed E-state index contributed by atoms with van der Waals surface area (Å²) >= 11 is 0. The standard InChI is InChI=1S/C30H32FN3O6Si/c1-20-28(41(2,3)31)27(15-16-35)40-30(20)25-17-24(34(38)39)13-14-26(25)32(29(30)37)18-21-9-11-23(12-10-21)33(19-36)22-7-5-4-6-8-22/h4-14,17,19-20,27-28,35H,15-16,18H2,1-3H3/t20-,27+,28-,30+/m1/s1. The van der Waals surface area contributed by atoms with Crippen molar-refractivity contribution in [2.75, 3.05) is 16.4 Å². The molecular weight excluding hydrogens is 545 g/mol. The number of carbonyl (C=O) groups is 2. The van der Waals surface area contributed by atoms with E-state index in [1.54, 1.807) is 38.2 Å². The Hall–Kier alpha value is -3.93. The topological polar surface area (TPSA) is 113 Å². The minimum Gasteiger partial charge on any atom is -0.396 e. The molecular formula is C30H32FN3O6Si. The number of benzene rings is 3. The first-order chi connectivity index (χ1) is 19.5. The maximum atomic E-state index is 15.7. The molecule has 1 fully saturated rings. The summed E-state index contributed by atoms with van der Waals surface area (Å²) in [5.41, 5.74) is 0.538. The van der Waals surface area contributed by atoms with Gasteiger partial charge < -0.3 is 18.9 Å². The van der Waals surface area contributed by atoms with Gasteiger partial charge in [-0.05, 0) is 55.4 Å². The van der Waals surface area contributed by atoms with Crippen LogP contribution in [0.2, 0.25) is 18.6 Å². The van der Waals surface area contributed by atoms with Crippen molar-refractivity contribution >= 4 is 43.5 Å². The molecule has 1 saturated heterocycles. The van der Waals surface area contributed by atoms with Crippen molar-refractivity contribution in [1.29, 1.82) is 0 Å². The molecule has 0 unspecified atom stereocenters. The number of carbonyl (C=O) groups excluding carboxylic acids is 2. The molecule has 0 aliphatic carbocycles. The van der Waals surface area contributed by atoms with E-state index in [-0.39, 0.29) is 25.3 Å². The van der Waals surface area contributed by atoms with E-state index in [4.69, 9.17) is 4.74 Å². The predicted octanol–water partition coefficient (Wildman–Crippen LogP) is 5.59. The number of ether oxygens (including phenoxy) is 1. The van der Waals surface area contributed by atoms with Crippen LogP contribution < -0.4 is 9.80 Å². The van der Waals surface area contributed by atoms with E-state index in [1.165, 1.54) is 21.9 Å². The number of nitro benzene ring substituents is 1. The first-order valence-corrected chi connectivity index (χ1v) is 16.5. The van der Waals surface area contributed by atoms with E-state index in [0.717, 1.165) is 12.0 Å². The molecule has 214 valence electrons. The lowest BCUT2D eigenvalue weighted by Crippen LogP contribution is -2.45. The van der Waals surface area contributed by atoms with Crippen LogP contribution in [0.1, 0.15) is 24.5 Å². The molecule has 2 aliphatic heterocycles. The second-order valence-corrected chi connectivity index (χ2v) is 14.9. The maximum absolute atomic E-state index is 15.7. The van der Waals surface area contributed by atoms with Gasteiger partial charge in [-0.25, -0.2) is 0 Å². The van der Waals surface area contributed by atoms with E-state index in [0.29, 0.717) is 22.6 Å². The zero-order valence-corrected chi connectivity index (χ0v) is 24.1. The van der Waals surface area contributed by atoms with Crippen molar-refractivity contribution in [3.63, 3.8) is 0 Å². The molecule has 2 heterocycles. The van der Waals surface area contributed by atoms with Gasteiger partial charge >= 0.3 is 0 Å². The molecule has 3 aromatic carbocycles. The Bertz CT molecular complexity index is 1470. The Labute approximate surface area is 238 Å². The van der Waals surface area contributed by atoms with Gasteiger partial charge in [0.05, 0.1) is 23.3 Å². The average Bonchev–Trinajstić information content (AvgIpc) is 3.37. The van der Waals surface area contributed by atoms with E-state index in [9.17, 15) is 24.8 Å². The molecule has 4 atom stereocenters. The number of nitro groups is 1. The van der Waals surface area contributed by atoms with Crippen molar-refractivity contribution in [3.8, 4) is 0 Å². The third-order valence-corrected chi connectivity index (χ3v) is 10.7. The number of aliphatic hydroxyl groups excluding tert-OH is 1. The Balaban J connectivity index is 1.53. The smallest absolute Gasteiger partial charge is 0.269 e. The summed E-state index contributed by atoms with van der Waals surface area (Å²) in [5, 5.41) is 21.4. The van der Waals surface area contributed by atoms with Crippen LogP contribution in [0.3, 0.4) is 0 Å². The van der Waals surface area contributed by atoms with E-state index < -0.39 is 42.4 Å². The Morgan fingerprint density at radius 2 is 1.78 bits per heavy atom. The quantitative estimate of drug-likeness (QED) is 0.117. The molecule has 0 aromatic heterocycles. The molecule has 41 heavy (non-hydrogen) atoms. The second-order valence-electron chi connectivity index (χ2n) is 11.1. The van der Waals surface area contributed by atoms with Crippen LogP contribution >= 0.6 is 0 Å². The number of aliphatic hydroxyl groups is 1. The normalized spacial score (nSPS) is 23.6. The van der Waals surface area contributed by atoms with E-state index in [1.807, 2.05) is 42.5 Å². The Kier molecular flexibility index (Phi) is 7.53. The number of amides is 2. The first kappa shape index (κ1) is 28.6. The lowest BCUT2D eigenvalue weighted by atomic mass is 9.82. The van der Waals surface area contributed by atoms with E-state index in [2.05, 4.69) is 0 Å². The third kappa shape index (κ3) is 4.83. The number of para-hydroxylation sites is 1. The maximum Gasteiger partial charge on any atom is 0.269 e. The summed E-state index contributed by atoms with van der Waals surface area (Å²) in [6.45, 7) is 4.80. The van der Waals surface area contributed by atoms with Gasteiger partial charge in [-0.3, -0.25) is 24.6 Å². The molecule has 1 spiro atoms. The number of non-ortho nitro benzene ring substituents is 1. The summed E-state index contributed by atoms with van der Waals surface area (Å²) in [5.74, 6) is -1.02. The van der Waals surface area contributed by atoms with E-state index >= 15 is 4.11 Å². The fourth-order valence-corrected chi connectivity index (χ4v) is 9.05. The number of anilines is 3. The lowest BCUT2D eigenvalue weighted by molar-refractivity contribution is -0.385. The van der Waals surface area contributed by atoms with Crippen LogP contribution in [0, 0.1) is 16.0 Å². The van der Waals surface area contributed by atoms with Crippen molar-refractivity contribution in [2.45, 2.75) is 50.2 Å². The minimum atomic E-state index is -3.39. The van der Waals surface area contributed by atoms with Gasteiger partial charge in [0.15, 0.2) is 5.60 Å². The van der Waals surface area contributed by atoms with Crippen LogP contribution in [0.15, 0.2) is 72.8 Å². The van der Waals surface area contributed by atoms with Crippen LogP contribution in [0.4, 0.5) is 26.9 Å². The molecule has 0 bridgehead atoms. The largest absolute Gasteiger partial charge is 0.396 e. The molecule has 11 heteroatoms. The number of rotatable bonds is 9. The zero-order valence-electron chi connectivity index (χ0n) is 23.1. The molecule has 2 aliphatic rings. The highest BCUT2D eigenvalue weighted by atomic mass is 28.4. The molecule has 3 aromatic rings. The van der Waals surface area contributed by atoms with Gasteiger partial charge in [0, 0.05) is 47.1 Å². The second kappa shape index (κ2) is 10.8. The number of hydrogen-bond acceptors (Lipinski definition) is 6. The number of fused-ring (bicyclic) bond motifs is 2. The van der Waals surface area contributed by atoms with Gasteiger partial charge in [0.1, 0.15) is 0 Å². The average molecular weight is 578 g/mol. The number of hydrogen-bond donors (Lipinski definition) is 1. The number of halogens is 1. The van der Waals surface area contributed by atoms with Gasteiger partial charge in [-0.1, -0.05) is 37.3 Å². The summed E-state index contributed by atoms with van der Waals surface area (Å²) in [7, 11) is -3.39. The molecule has 0 radical (unpaired) electrons. The summed E-state index contributed by atoms with van der Waals surface area (Å²) in [6.07, 6.45) is 0.184. The highest BCUT2D eigenvalue weighted by Gasteiger charge is 2.66. The Morgan fingerprint density at radius 3 is 2.37 bits per heavy atom. The molecule has 5 rings (SSSR count). The summed E-state index contributed by atoms with van der Waals surface area (Å²) in [6, 6.07) is 20.6. The van der Waals surface area contributed by atoms with Crippen LogP contribution in [0.5, 0.6) is 0 Å².